The van der Waals surface area contributed by atoms with Crippen molar-refractivity contribution in [1.29, 1.82) is 0 Å². The summed E-state index contributed by atoms with van der Waals surface area (Å²) in [5.41, 5.74) is 3.14. The average Bonchev–Trinajstić information content (AvgIpc) is 2.76. The molecule has 0 saturated heterocycles. The molecule has 1 atom stereocenters. The number of carbonyl (C=O) groups is 1. The van der Waals surface area contributed by atoms with Crippen LogP contribution in [0.2, 0.25) is 0 Å². The van der Waals surface area contributed by atoms with Crippen LogP contribution in [0.3, 0.4) is 0 Å². The molecule has 1 aromatic carbocycles. The van der Waals surface area contributed by atoms with Crippen LogP contribution in [0, 0.1) is 6.07 Å². The van der Waals surface area contributed by atoms with Gasteiger partial charge >= 0.3 is 35.5 Å². The van der Waals surface area contributed by atoms with E-state index in [9.17, 15) is 17.8 Å². The molecule has 1 aliphatic rings. The van der Waals surface area contributed by atoms with Gasteiger partial charge in [-0.1, -0.05) is 25.3 Å². The third-order valence-electron chi connectivity index (χ3n) is 5.27. The van der Waals surface area contributed by atoms with Gasteiger partial charge in [-0.15, -0.1) is 6.07 Å². The summed E-state index contributed by atoms with van der Waals surface area (Å²) in [4.78, 5) is 10.6. The predicted molar refractivity (Wildman–Crippen MR) is 98.0 cm³/mol. The van der Waals surface area contributed by atoms with E-state index in [2.05, 4.69) is 17.6 Å². The van der Waals surface area contributed by atoms with Crippen molar-refractivity contribution in [2.75, 3.05) is 12.3 Å². The second-order valence-corrected chi connectivity index (χ2v) is 8.61. The van der Waals surface area contributed by atoms with Gasteiger partial charge in [-0.2, -0.15) is 18.2 Å². The summed E-state index contributed by atoms with van der Waals surface area (Å²) in [6.07, 6.45) is 3.81. The van der Waals surface area contributed by atoms with E-state index in [1.807, 2.05) is 25.1 Å². The van der Waals surface area contributed by atoms with Crippen LogP contribution in [0.4, 0.5) is 5.69 Å². The summed E-state index contributed by atoms with van der Waals surface area (Å²) in [5.74, 6) is -1.13. The van der Waals surface area contributed by atoms with E-state index in [0.29, 0.717) is 13.0 Å². The first-order valence-electron chi connectivity index (χ1n) is 8.92. The van der Waals surface area contributed by atoms with E-state index in [1.54, 1.807) is 0 Å². The number of nitrogens with zero attached hydrogens (tertiary/aromatic N) is 1. The van der Waals surface area contributed by atoms with Crippen molar-refractivity contribution in [2.24, 2.45) is 0 Å². The smallest absolute Gasteiger partial charge is 0.748 e. The molecule has 0 saturated carbocycles. The number of carboxylic acid groups (broad SMARTS) is 1. The van der Waals surface area contributed by atoms with Crippen molar-refractivity contribution >= 4 is 27.5 Å². The summed E-state index contributed by atoms with van der Waals surface area (Å²) in [5, 5.41) is 8.74. The monoisotopic (exact) mass is 403 g/mol. The SMILES string of the molecule is CC1=[N+](CCCS(=O)(=O)[O-])c2cc[c-]cc2C1(C)CCCCCC(=O)O.[Na+]. The number of rotatable bonds is 10. The van der Waals surface area contributed by atoms with Gasteiger partial charge in [-0.25, -0.2) is 13.0 Å². The normalized spacial score (nSPS) is 18.9. The molecule has 0 aromatic heterocycles. The third-order valence-corrected chi connectivity index (χ3v) is 6.06. The molecule has 0 aliphatic carbocycles. The van der Waals surface area contributed by atoms with E-state index in [1.165, 1.54) is 0 Å². The third kappa shape index (κ3) is 6.39. The van der Waals surface area contributed by atoms with Crippen molar-refractivity contribution in [2.45, 2.75) is 57.8 Å². The van der Waals surface area contributed by atoms with Crippen molar-refractivity contribution in [1.82, 2.24) is 0 Å². The van der Waals surface area contributed by atoms with Crippen LogP contribution in [0.15, 0.2) is 18.2 Å². The first kappa shape index (κ1) is 24.3. The standard InChI is InChI=1S/C19H27NO5S.Na/c1-15-19(2,12-7-3-4-11-18(21)22)16-9-5-6-10-17(16)20(15)13-8-14-26(23,24)25;/h6,9-10H,3-4,7-8,11-14H2,1-2H3,(H,21,22)(H,23,24,25);/q;+1/p-1. The maximum atomic E-state index is 10.9. The summed E-state index contributed by atoms with van der Waals surface area (Å²) in [7, 11) is -4.21. The van der Waals surface area contributed by atoms with Crippen molar-refractivity contribution in [3.05, 3.63) is 29.8 Å². The molecule has 0 radical (unpaired) electrons. The van der Waals surface area contributed by atoms with Gasteiger partial charge in [0.2, 0.25) is 0 Å². The second-order valence-electron chi connectivity index (χ2n) is 7.08. The summed E-state index contributed by atoms with van der Waals surface area (Å²) in [6.45, 7) is 4.69. The van der Waals surface area contributed by atoms with Crippen LogP contribution >= 0.6 is 0 Å². The Morgan fingerprint density at radius 1 is 1.30 bits per heavy atom. The molecule has 1 aliphatic heterocycles. The van der Waals surface area contributed by atoms with Crippen LogP contribution in [0.1, 0.15) is 57.9 Å². The molecule has 8 heteroatoms. The zero-order chi connectivity index (χ0) is 19.4. The van der Waals surface area contributed by atoms with E-state index >= 15 is 0 Å². The summed E-state index contributed by atoms with van der Waals surface area (Å²) in [6, 6.07) is 8.90. The fourth-order valence-electron chi connectivity index (χ4n) is 3.71. The zero-order valence-corrected chi connectivity index (χ0v) is 19.1. The van der Waals surface area contributed by atoms with Gasteiger partial charge in [0.15, 0.2) is 5.71 Å². The van der Waals surface area contributed by atoms with Gasteiger partial charge in [-0.3, -0.25) is 4.79 Å². The Labute approximate surface area is 183 Å². The van der Waals surface area contributed by atoms with Crippen LogP contribution < -0.4 is 29.6 Å². The molecule has 0 amide bonds. The molecule has 1 N–H and O–H groups in total. The number of unbranched alkanes of at least 4 members (excludes halogenated alkanes) is 2. The van der Waals surface area contributed by atoms with Crippen molar-refractivity contribution < 1.29 is 57.0 Å². The molecule has 144 valence electrons. The molecule has 1 heterocycles. The maximum absolute atomic E-state index is 10.9. The Hall–Kier alpha value is -0.730. The molecule has 6 nitrogen and oxygen atoms in total. The van der Waals surface area contributed by atoms with Crippen LogP contribution in [-0.2, 0) is 20.3 Å². The topological polar surface area (TPSA) is 97.5 Å². The minimum atomic E-state index is -4.21. The molecule has 0 fully saturated rings. The summed E-state index contributed by atoms with van der Waals surface area (Å²) < 4.78 is 34.8. The largest absolute Gasteiger partial charge is 1.00 e. The van der Waals surface area contributed by atoms with E-state index in [-0.39, 0.29) is 53.6 Å². The molecule has 2 rings (SSSR count). The first-order chi connectivity index (χ1) is 12.1. The Morgan fingerprint density at radius 2 is 2.00 bits per heavy atom. The number of benzene rings is 1. The van der Waals surface area contributed by atoms with Gasteiger partial charge in [-0.05, 0) is 12.8 Å². The van der Waals surface area contributed by atoms with Gasteiger partial charge in [0.05, 0.1) is 10.1 Å². The number of fused-ring (bicyclic) bond motifs is 1. The first-order valence-corrected chi connectivity index (χ1v) is 10.5. The van der Waals surface area contributed by atoms with E-state index in [0.717, 1.165) is 36.2 Å². The average molecular weight is 403 g/mol. The minimum absolute atomic E-state index is 0. The second kappa shape index (κ2) is 10.2. The number of carboxylic acids is 1. The van der Waals surface area contributed by atoms with Gasteiger partial charge in [0, 0.05) is 30.9 Å². The van der Waals surface area contributed by atoms with Gasteiger partial charge in [0.25, 0.3) is 0 Å². The Balaban J connectivity index is 0.00000364. The predicted octanol–water partition coefficient (Wildman–Crippen LogP) is -0.163. The van der Waals surface area contributed by atoms with E-state index in [4.69, 9.17) is 5.11 Å². The molecular formula is C19H26NNaO5S. The van der Waals surface area contributed by atoms with Crippen LogP contribution in [0.5, 0.6) is 0 Å². The number of hydrogen-bond donors (Lipinski definition) is 1. The zero-order valence-electron chi connectivity index (χ0n) is 16.3. The fourth-order valence-corrected chi connectivity index (χ4v) is 4.19. The van der Waals surface area contributed by atoms with Gasteiger partial charge in [0.1, 0.15) is 12.2 Å². The number of hydrogen-bond acceptors (Lipinski definition) is 4. The van der Waals surface area contributed by atoms with Crippen molar-refractivity contribution in [3.8, 4) is 0 Å². The molecule has 1 aromatic rings. The molecular weight excluding hydrogens is 377 g/mol. The van der Waals surface area contributed by atoms with Crippen LogP contribution in [0.25, 0.3) is 0 Å². The molecule has 0 spiro atoms. The molecule has 0 bridgehead atoms. The molecule has 1 unspecified atom stereocenters. The van der Waals surface area contributed by atoms with E-state index < -0.39 is 16.1 Å². The number of aliphatic carboxylic acids is 1. The quantitative estimate of drug-likeness (QED) is 0.192. The maximum Gasteiger partial charge on any atom is 1.00 e. The minimum Gasteiger partial charge on any atom is -0.748 e. The molecule has 27 heavy (non-hydrogen) atoms. The Morgan fingerprint density at radius 3 is 2.63 bits per heavy atom. The Bertz CT molecular complexity index is 806. The summed E-state index contributed by atoms with van der Waals surface area (Å²) >= 11 is 0. The Kier molecular flexibility index (Phi) is 9.15. The fraction of sp³-hybridized carbons (Fsp3) is 0.579. The van der Waals surface area contributed by atoms with Crippen LogP contribution in [-0.4, -0.2) is 46.6 Å². The van der Waals surface area contributed by atoms with Gasteiger partial charge < -0.3 is 9.66 Å². The van der Waals surface area contributed by atoms with Crippen molar-refractivity contribution in [3.63, 3.8) is 0 Å².